The molecule has 2 N–H and O–H groups in total. The van der Waals surface area contributed by atoms with E-state index in [1.54, 1.807) is 24.8 Å². The molecule has 0 aromatic carbocycles. The minimum Gasteiger partial charge on any atom is -0.444 e. The highest BCUT2D eigenvalue weighted by Crippen LogP contribution is 2.44. The zero-order valence-corrected chi connectivity index (χ0v) is 31.1. The van der Waals surface area contributed by atoms with E-state index < -0.39 is 23.4 Å². The first-order valence-electron chi connectivity index (χ1n) is 17.4. The van der Waals surface area contributed by atoms with E-state index in [1.807, 2.05) is 53.7 Å². The van der Waals surface area contributed by atoms with Crippen LogP contribution >= 0.6 is 0 Å². The van der Waals surface area contributed by atoms with Crippen LogP contribution in [0.4, 0.5) is 21.0 Å². The second kappa shape index (κ2) is 17.4. The fourth-order valence-corrected chi connectivity index (χ4v) is 7.31. The molecule has 14 nitrogen and oxygen atoms in total. The van der Waals surface area contributed by atoms with Crippen LogP contribution in [-0.4, -0.2) is 45.4 Å². The minimum atomic E-state index is -0.553. The van der Waals surface area contributed by atoms with Gasteiger partial charge in [-0.2, -0.15) is 0 Å². The van der Waals surface area contributed by atoms with Gasteiger partial charge in [-0.25, -0.2) is 9.59 Å². The molecule has 2 heterocycles. The molecule has 0 bridgehead atoms. The number of carbonyl (C=O) groups excluding carboxylic acids is 2. The van der Waals surface area contributed by atoms with Gasteiger partial charge in [0.05, 0.1) is 23.8 Å². The van der Waals surface area contributed by atoms with Crippen LogP contribution in [0.5, 0.6) is 0 Å². The van der Waals surface area contributed by atoms with Crippen molar-refractivity contribution in [3.8, 4) is 0 Å². The maximum Gasteiger partial charge on any atom is 0.412 e. The molecule has 0 aliphatic heterocycles. The lowest BCUT2D eigenvalue weighted by molar-refractivity contribution is 0.0624. The van der Waals surface area contributed by atoms with E-state index in [0.29, 0.717) is 11.4 Å². The van der Waals surface area contributed by atoms with Crippen LogP contribution in [0.2, 0.25) is 0 Å². The Hall–Kier alpha value is -4.54. The van der Waals surface area contributed by atoms with E-state index in [0.717, 1.165) is 36.8 Å². The van der Waals surface area contributed by atoms with Crippen molar-refractivity contribution in [3.63, 3.8) is 0 Å². The standard InChI is InChI=1S/2C18H27N5O2/c2*1-11-8-13(9-12(2)16(11)22-23-19)14-6-7-20-10-15(14)21-17(24)25-18(3,4)5/h2*6-7,10-13,16H,8-9H2,1-5H3,(H,21,24)/t2*11-,12+,13?,16?. The summed E-state index contributed by atoms with van der Waals surface area (Å²) < 4.78 is 10.7. The zero-order valence-electron chi connectivity index (χ0n) is 31.1. The van der Waals surface area contributed by atoms with Gasteiger partial charge in [-0.15, -0.1) is 0 Å². The quantitative estimate of drug-likeness (QED) is 0.171. The van der Waals surface area contributed by atoms with Gasteiger partial charge in [-0.3, -0.25) is 20.6 Å². The van der Waals surface area contributed by atoms with Crippen molar-refractivity contribution < 1.29 is 19.1 Å². The lowest BCUT2D eigenvalue weighted by atomic mass is 9.71. The minimum absolute atomic E-state index is 0.0188. The van der Waals surface area contributed by atoms with Gasteiger partial charge in [-0.1, -0.05) is 37.9 Å². The SMILES string of the molecule is C[C@@H]1CC(c2ccncc2NC(=O)OC(C)(C)C)C[C@H](C)C1N=[N+]=[N-].C[C@@H]1CC(c2ccncc2NC(=O)OC(C)(C)C)C[C@H](C)C1N=[N+]=[N-]. The fourth-order valence-electron chi connectivity index (χ4n) is 7.31. The number of carbonyl (C=O) groups is 2. The van der Waals surface area contributed by atoms with Crippen LogP contribution in [0.1, 0.15) is 118 Å². The summed E-state index contributed by atoms with van der Waals surface area (Å²) in [5.74, 6) is 1.70. The Labute approximate surface area is 295 Å². The van der Waals surface area contributed by atoms with Crippen molar-refractivity contribution in [2.75, 3.05) is 10.6 Å². The Balaban J connectivity index is 0.000000270. The number of amides is 2. The van der Waals surface area contributed by atoms with Crippen LogP contribution in [-0.2, 0) is 9.47 Å². The van der Waals surface area contributed by atoms with Crippen molar-refractivity contribution in [1.82, 2.24) is 9.97 Å². The first-order chi connectivity index (χ1) is 23.4. The summed E-state index contributed by atoms with van der Waals surface area (Å²) in [5, 5.41) is 13.6. The fraction of sp³-hybridized carbons (Fsp3) is 0.667. The Morgan fingerprint density at radius 3 is 1.28 bits per heavy atom. The molecule has 2 aliphatic carbocycles. The molecular formula is C36H54N10O4. The Morgan fingerprint density at radius 1 is 0.680 bits per heavy atom. The highest BCUT2D eigenvalue weighted by Gasteiger charge is 2.35. The second-order valence-electron chi connectivity index (χ2n) is 15.8. The number of nitrogens with zero attached hydrogens (tertiary/aromatic N) is 8. The normalized spacial score (nSPS) is 26.4. The Bertz CT molecular complexity index is 1420. The molecule has 0 saturated heterocycles. The van der Waals surface area contributed by atoms with E-state index in [2.05, 4.69) is 68.3 Å². The number of azide groups is 2. The van der Waals surface area contributed by atoms with E-state index in [-0.39, 0.29) is 47.6 Å². The van der Waals surface area contributed by atoms with Gasteiger partial charge in [0, 0.05) is 34.3 Å². The largest absolute Gasteiger partial charge is 0.444 e. The second-order valence-corrected chi connectivity index (χ2v) is 15.8. The molecule has 8 atom stereocenters. The molecule has 2 fully saturated rings. The maximum atomic E-state index is 12.1. The molecule has 2 aromatic heterocycles. The summed E-state index contributed by atoms with van der Waals surface area (Å²) in [6.45, 7) is 19.4. The van der Waals surface area contributed by atoms with Gasteiger partial charge in [0.25, 0.3) is 0 Å². The third-order valence-electron chi connectivity index (χ3n) is 9.19. The van der Waals surface area contributed by atoms with Gasteiger partial charge < -0.3 is 9.47 Å². The van der Waals surface area contributed by atoms with Crippen molar-refractivity contribution in [3.05, 3.63) is 68.9 Å². The monoisotopic (exact) mass is 690 g/mol. The van der Waals surface area contributed by atoms with Gasteiger partial charge in [0.1, 0.15) is 11.2 Å². The Kier molecular flexibility index (Phi) is 13.9. The van der Waals surface area contributed by atoms with Crippen molar-refractivity contribution in [2.45, 2.75) is 130 Å². The molecule has 50 heavy (non-hydrogen) atoms. The molecule has 272 valence electrons. The highest BCUT2D eigenvalue weighted by atomic mass is 16.6. The van der Waals surface area contributed by atoms with Gasteiger partial charge in [0.2, 0.25) is 0 Å². The van der Waals surface area contributed by atoms with Crippen LogP contribution in [0, 0.1) is 23.7 Å². The third-order valence-corrected chi connectivity index (χ3v) is 9.19. The lowest BCUT2D eigenvalue weighted by Gasteiger charge is -2.37. The number of nitrogens with one attached hydrogen (secondary N) is 2. The molecule has 2 aromatic rings. The number of pyridine rings is 2. The van der Waals surface area contributed by atoms with Crippen molar-refractivity contribution >= 4 is 23.6 Å². The molecule has 4 unspecified atom stereocenters. The highest BCUT2D eigenvalue weighted by molar-refractivity contribution is 5.86. The predicted octanol–water partition coefficient (Wildman–Crippen LogP) is 10.5. The molecule has 2 saturated carbocycles. The predicted molar refractivity (Wildman–Crippen MR) is 195 cm³/mol. The van der Waals surface area contributed by atoms with Gasteiger partial charge in [0.15, 0.2) is 0 Å². The first-order valence-corrected chi connectivity index (χ1v) is 17.4. The topological polar surface area (TPSA) is 200 Å². The summed E-state index contributed by atoms with van der Waals surface area (Å²) in [4.78, 5) is 38.5. The van der Waals surface area contributed by atoms with E-state index in [9.17, 15) is 9.59 Å². The lowest BCUT2D eigenvalue weighted by Crippen LogP contribution is -2.32. The third kappa shape index (κ3) is 11.8. The summed E-state index contributed by atoms with van der Waals surface area (Å²) in [7, 11) is 0. The average Bonchev–Trinajstić information content (AvgIpc) is 2.99. The maximum absolute atomic E-state index is 12.1. The van der Waals surface area contributed by atoms with E-state index in [4.69, 9.17) is 20.5 Å². The molecule has 14 heteroatoms. The number of aromatic nitrogens is 2. The molecule has 2 aliphatic rings. The van der Waals surface area contributed by atoms with Crippen LogP contribution in [0.15, 0.2) is 47.1 Å². The summed E-state index contributed by atoms with van der Waals surface area (Å²) in [5.41, 5.74) is 19.9. The number of hydrogen-bond acceptors (Lipinski definition) is 8. The van der Waals surface area contributed by atoms with Crippen LogP contribution in [0.3, 0.4) is 0 Å². The van der Waals surface area contributed by atoms with Crippen molar-refractivity contribution in [1.29, 1.82) is 0 Å². The van der Waals surface area contributed by atoms with Gasteiger partial charge >= 0.3 is 12.2 Å². The summed E-state index contributed by atoms with van der Waals surface area (Å²) >= 11 is 0. The average molecular weight is 691 g/mol. The molecular weight excluding hydrogens is 636 g/mol. The summed E-state index contributed by atoms with van der Waals surface area (Å²) in [6.07, 6.45) is 9.46. The summed E-state index contributed by atoms with van der Waals surface area (Å²) in [6, 6.07) is 3.94. The molecule has 2 amide bonds. The molecule has 4 rings (SSSR count). The number of anilines is 2. The van der Waals surface area contributed by atoms with E-state index in [1.165, 1.54) is 0 Å². The molecule has 0 radical (unpaired) electrons. The van der Waals surface area contributed by atoms with Crippen molar-refractivity contribution in [2.24, 2.45) is 33.9 Å². The van der Waals surface area contributed by atoms with Crippen LogP contribution < -0.4 is 10.6 Å². The number of rotatable bonds is 6. The number of ether oxygens (including phenoxy) is 2. The zero-order chi connectivity index (χ0) is 37.2. The Morgan fingerprint density at radius 2 is 1.00 bits per heavy atom. The molecule has 0 spiro atoms. The van der Waals surface area contributed by atoms with Crippen LogP contribution in [0.25, 0.3) is 20.9 Å². The van der Waals surface area contributed by atoms with E-state index >= 15 is 0 Å². The smallest absolute Gasteiger partial charge is 0.412 e. The number of hydrogen-bond donors (Lipinski definition) is 2. The first kappa shape index (κ1) is 39.9. The van der Waals surface area contributed by atoms with Gasteiger partial charge in [-0.05, 0) is 137 Å².